The number of carbonyl (C=O) groups excluding carboxylic acids is 1. The van der Waals surface area contributed by atoms with Crippen LogP contribution in [0.3, 0.4) is 0 Å². The number of hydrogen-bond donors (Lipinski definition) is 1. The highest BCUT2D eigenvalue weighted by atomic mass is 16.6. The SMILES string of the molecule is O=C(OC(c1ccccc1)C(O)c1ccccc1)c1ccccc1. The van der Waals surface area contributed by atoms with E-state index in [0.717, 1.165) is 5.56 Å². The van der Waals surface area contributed by atoms with Crippen LogP contribution in [0.15, 0.2) is 91.0 Å². The standard InChI is InChI=1S/C21H18O3/c22-19(16-10-4-1-5-11-16)20(17-12-6-2-7-13-17)24-21(23)18-14-8-3-9-15-18/h1-15,19-20,22H. The van der Waals surface area contributed by atoms with Gasteiger partial charge in [-0.15, -0.1) is 0 Å². The molecule has 0 bridgehead atoms. The van der Waals surface area contributed by atoms with Crippen LogP contribution in [-0.4, -0.2) is 11.1 Å². The number of esters is 1. The van der Waals surface area contributed by atoms with Crippen LogP contribution < -0.4 is 0 Å². The highest BCUT2D eigenvalue weighted by molar-refractivity contribution is 5.89. The van der Waals surface area contributed by atoms with Crippen molar-refractivity contribution >= 4 is 5.97 Å². The van der Waals surface area contributed by atoms with Crippen molar-refractivity contribution in [1.29, 1.82) is 0 Å². The van der Waals surface area contributed by atoms with Crippen LogP contribution in [0, 0.1) is 0 Å². The molecule has 24 heavy (non-hydrogen) atoms. The second-order valence-corrected chi connectivity index (χ2v) is 5.46. The van der Waals surface area contributed by atoms with E-state index in [2.05, 4.69) is 0 Å². The van der Waals surface area contributed by atoms with Crippen molar-refractivity contribution in [1.82, 2.24) is 0 Å². The number of aliphatic hydroxyl groups excluding tert-OH is 1. The van der Waals surface area contributed by atoms with Crippen molar-refractivity contribution in [3.8, 4) is 0 Å². The van der Waals surface area contributed by atoms with Gasteiger partial charge in [-0.05, 0) is 23.3 Å². The maximum Gasteiger partial charge on any atom is 0.338 e. The second kappa shape index (κ2) is 7.57. The maximum absolute atomic E-state index is 12.4. The smallest absolute Gasteiger partial charge is 0.338 e. The first-order chi connectivity index (χ1) is 11.8. The largest absolute Gasteiger partial charge is 0.451 e. The molecule has 0 radical (unpaired) electrons. The molecule has 3 heteroatoms. The first-order valence-electron chi connectivity index (χ1n) is 7.79. The fourth-order valence-corrected chi connectivity index (χ4v) is 2.54. The lowest BCUT2D eigenvalue weighted by atomic mass is 9.98. The number of benzene rings is 3. The van der Waals surface area contributed by atoms with Gasteiger partial charge in [0.25, 0.3) is 0 Å². The molecule has 0 aromatic heterocycles. The summed E-state index contributed by atoms with van der Waals surface area (Å²) in [7, 11) is 0. The molecule has 0 amide bonds. The summed E-state index contributed by atoms with van der Waals surface area (Å²) in [5, 5.41) is 10.8. The van der Waals surface area contributed by atoms with Gasteiger partial charge >= 0.3 is 5.97 Å². The summed E-state index contributed by atoms with van der Waals surface area (Å²) < 4.78 is 5.65. The molecule has 3 nitrogen and oxygen atoms in total. The summed E-state index contributed by atoms with van der Waals surface area (Å²) in [5.74, 6) is -0.459. The van der Waals surface area contributed by atoms with E-state index in [9.17, 15) is 9.90 Å². The Morgan fingerprint density at radius 1 is 0.708 bits per heavy atom. The number of hydrogen-bond acceptors (Lipinski definition) is 3. The van der Waals surface area contributed by atoms with E-state index in [0.29, 0.717) is 11.1 Å². The molecule has 0 aliphatic heterocycles. The first kappa shape index (κ1) is 16.0. The molecule has 0 spiro atoms. The zero-order chi connectivity index (χ0) is 16.8. The van der Waals surface area contributed by atoms with Crippen LogP contribution in [0.25, 0.3) is 0 Å². The van der Waals surface area contributed by atoms with E-state index >= 15 is 0 Å². The Kier molecular flexibility index (Phi) is 5.04. The van der Waals surface area contributed by atoms with E-state index in [4.69, 9.17) is 4.74 Å². The Bertz CT molecular complexity index is 770. The molecule has 1 N–H and O–H groups in total. The summed E-state index contributed by atoms with van der Waals surface area (Å²) in [6.45, 7) is 0. The molecule has 0 saturated heterocycles. The summed E-state index contributed by atoms with van der Waals surface area (Å²) in [5.41, 5.74) is 1.91. The van der Waals surface area contributed by atoms with Crippen LogP contribution in [0.4, 0.5) is 0 Å². The van der Waals surface area contributed by atoms with Crippen LogP contribution >= 0.6 is 0 Å². The van der Waals surface area contributed by atoms with Gasteiger partial charge in [0.2, 0.25) is 0 Å². The van der Waals surface area contributed by atoms with Crippen LogP contribution in [0.1, 0.15) is 33.7 Å². The topological polar surface area (TPSA) is 46.5 Å². The molecule has 3 rings (SSSR count). The summed E-state index contributed by atoms with van der Waals surface area (Å²) in [6, 6.07) is 27.3. The molecule has 120 valence electrons. The number of ether oxygens (including phenoxy) is 1. The highest BCUT2D eigenvalue weighted by Gasteiger charge is 2.27. The third-order valence-corrected chi connectivity index (χ3v) is 3.80. The van der Waals surface area contributed by atoms with Crippen molar-refractivity contribution in [2.45, 2.75) is 12.2 Å². The van der Waals surface area contributed by atoms with E-state index in [1.54, 1.807) is 24.3 Å². The zero-order valence-corrected chi connectivity index (χ0v) is 13.1. The third kappa shape index (κ3) is 3.70. The molecule has 0 aliphatic rings. The molecular formula is C21H18O3. The Morgan fingerprint density at radius 3 is 1.71 bits per heavy atom. The Morgan fingerprint density at radius 2 is 1.17 bits per heavy atom. The highest BCUT2D eigenvalue weighted by Crippen LogP contribution is 2.32. The van der Waals surface area contributed by atoms with Crippen molar-refractivity contribution < 1.29 is 14.6 Å². The summed E-state index contributed by atoms with van der Waals surface area (Å²) in [6.07, 6.45) is -1.72. The van der Waals surface area contributed by atoms with Gasteiger partial charge in [0, 0.05) is 0 Å². The fraction of sp³-hybridized carbons (Fsp3) is 0.0952. The Hall–Kier alpha value is -2.91. The van der Waals surface area contributed by atoms with Crippen LogP contribution in [-0.2, 0) is 4.74 Å². The number of carbonyl (C=O) groups is 1. The Balaban J connectivity index is 1.90. The monoisotopic (exact) mass is 318 g/mol. The average Bonchev–Trinajstić information content (AvgIpc) is 2.67. The van der Waals surface area contributed by atoms with E-state index < -0.39 is 18.2 Å². The average molecular weight is 318 g/mol. The fourth-order valence-electron chi connectivity index (χ4n) is 2.54. The molecule has 0 fully saturated rings. The van der Waals surface area contributed by atoms with Gasteiger partial charge in [-0.2, -0.15) is 0 Å². The predicted octanol–water partition coefficient (Wildman–Crippen LogP) is 4.32. The summed E-state index contributed by atoms with van der Waals surface area (Å²) in [4.78, 5) is 12.4. The normalized spacial score (nSPS) is 13.0. The van der Waals surface area contributed by atoms with Gasteiger partial charge in [-0.25, -0.2) is 4.79 Å². The van der Waals surface area contributed by atoms with Crippen molar-refractivity contribution in [3.05, 3.63) is 108 Å². The quantitative estimate of drug-likeness (QED) is 0.713. The predicted molar refractivity (Wildman–Crippen MR) is 92.4 cm³/mol. The summed E-state index contributed by atoms with van der Waals surface area (Å²) >= 11 is 0. The van der Waals surface area contributed by atoms with Crippen LogP contribution in [0.5, 0.6) is 0 Å². The van der Waals surface area contributed by atoms with E-state index in [1.807, 2.05) is 66.7 Å². The van der Waals surface area contributed by atoms with Gasteiger partial charge in [0.05, 0.1) is 5.56 Å². The lowest BCUT2D eigenvalue weighted by Crippen LogP contribution is -2.18. The van der Waals surface area contributed by atoms with Crippen molar-refractivity contribution in [2.24, 2.45) is 0 Å². The molecule has 0 saturated carbocycles. The molecule has 0 aliphatic carbocycles. The van der Waals surface area contributed by atoms with Crippen LogP contribution in [0.2, 0.25) is 0 Å². The van der Waals surface area contributed by atoms with Gasteiger partial charge < -0.3 is 9.84 Å². The third-order valence-electron chi connectivity index (χ3n) is 3.80. The maximum atomic E-state index is 12.4. The van der Waals surface area contributed by atoms with Gasteiger partial charge in [0.15, 0.2) is 6.10 Å². The molecule has 3 aromatic carbocycles. The van der Waals surface area contributed by atoms with Gasteiger partial charge in [-0.3, -0.25) is 0 Å². The number of aliphatic hydroxyl groups is 1. The zero-order valence-electron chi connectivity index (χ0n) is 13.1. The van der Waals surface area contributed by atoms with Crippen molar-refractivity contribution in [3.63, 3.8) is 0 Å². The van der Waals surface area contributed by atoms with E-state index in [1.165, 1.54) is 0 Å². The molecule has 2 atom stereocenters. The molecule has 2 unspecified atom stereocenters. The molecule has 3 aromatic rings. The van der Waals surface area contributed by atoms with Crippen molar-refractivity contribution in [2.75, 3.05) is 0 Å². The lowest BCUT2D eigenvalue weighted by molar-refractivity contribution is -0.0209. The van der Waals surface area contributed by atoms with Gasteiger partial charge in [0.1, 0.15) is 6.10 Å². The minimum absolute atomic E-state index is 0.457. The Labute approximate surface area is 141 Å². The van der Waals surface area contributed by atoms with Gasteiger partial charge in [-0.1, -0.05) is 78.9 Å². The molecule has 0 heterocycles. The molecular weight excluding hydrogens is 300 g/mol. The van der Waals surface area contributed by atoms with E-state index in [-0.39, 0.29) is 0 Å². The minimum atomic E-state index is -0.943. The second-order valence-electron chi connectivity index (χ2n) is 5.46. The lowest BCUT2D eigenvalue weighted by Gasteiger charge is -2.24. The first-order valence-corrected chi connectivity index (χ1v) is 7.79. The number of rotatable bonds is 5. The minimum Gasteiger partial charge on any atom is -0.451 e.